The predicted octanol–water partition coefficient (Wildman–Crippen LogP) is 2.31. The van der Waals surface area contributed by atoms with Gasteiger partial charge in [-0.2, -0.15) is 0 Å². The molecule has 2 amide bonds. The van der Waals surface area contributed by atoms with E-state index < -0.39 is 0 Å². The monoisotopic (exact) mass is 430 g/mol. The first-order chi connectivity index (χ1) is 13.1. The number of benzene rings is 1. The largest absolute Gasteiger partial charge is 0.352 e. The maximum atomic E-state index is 12.4. The highest BCUT2D eigenvalue weighted by molar-refractivity contribution is 9.10. The normalized spacial score (nSPS) is 14.8. The van der Waals surface area contributed by atoms with Crippen molar-refractivity contribution in [3.05, 3.63) is 64.4 Å². The molecule has 2 aromatic rings. The summed E-state index contributed by atoms with van der Waals surface area (Å²) in [6, 6.07) is 11.2. The van der Waals surface area contributed by atoms with Crippen molar-refractivity contribution in [3.8, 4) is 0 Å². The topological polar surface area (TPSA) is 65.5 Å². The van der Waals surface area contributed by atoms with Gasteiger partial charge in [-0.05, 0) is 42.0 Å². The average molecular weight is 431 g/mol. The van der Waals surface area contributed by atoms with E-state index in [0.29, 0.717) is 18.5 Å². The van der Waals surface area contributed by atoms with Gasteiger partial charge in [0.1, 0.15) is 0 Å². The van der Waals surface area contributed by atoms with Gasteiger partial charge >= 0.3 is 0 Å². The Balaban J connectivity index is 1.37. The van der Waals surface area contributed by atoms with Gasteiger partial charge in [0.25, 0.3) is 5.91 Å². The second-order valence-electron chi connectivity index (χ2n) is 6.53. The number of nitrogens with zero attached hydrogens (tertiary/aromatic N) is 3. The van der Waals surface area contributed by atoms with Gasteiger partial charge in [0.15, 0.2) is 0 Å². The number of aromatic nitrogens is 1. The minimum atomic E-state index is -0.155. The summed E-state index contributed by atoms with van der Waals surface area (Å²) in [6.45, 7) is 4.41. The number of carbonyl (C=O) groups is 2. The summed E-state index contributed by atoms with van der Waals surface area (Å²) in [5, 5.41) is 2.81. The number of amides is 2. The van der Waals surface area contributed by atoms with E-state index in [1.54, 1.807) is 24.5 Å². The predicted molar refractivity (Wildman–Crippen MR) is 107 cm³/mol. The van der Waals surface area contributed by atoms with Crippen molar-refractivity contribution in [1.29, 1.82) is 0 Å². The third-order valence-corrected chi connectivity index (χ3v) is 5.14. The van der Waals surface area contributed by atoms with Crippen molar-refractivity contribution >= 4 is 27.7 Å². The molecule has 0 bridgehead atoms. The van der Waals surface area contributed by atoms with Crippen LogP contribution in [0.1, 0.15) is 22.3 Å². The Morgan fingerprint density at radius 2 is 1.67 bits per heavy atom. The summed E-state index contributed by atoms with van der Waals surface area (Å²) >= 11 is 3.34. The van der Waals surface area contributed by atoms with E-state index in [-0.39, 0.29) is 11.8 Å². The minimum absolute atomic E-state index is 0.0923. The number of halogens is 1. The van der Waals surface area contributed by atoms with Crippen molar-refractivity contribution in [2.24, 2.45) is 0 Å². The molecule has 1 aromatic carbocycles. The molecule has 1 aliphatic rings. The molecule has 1 saturated heterocycles. The maximum Gasteiger partial charge on any atom is 0.251 e. The van der Waals surface area contributed by atoms with Crippen LogP contribution in [-0.2, 0) is 11.3 Å². The van der Waals surface area contributed by atoms with Gasteiger partial charge < -0.3 is 10.2 Å². The smallest absolute Gasteiger partial charge is 0.251 e. The molecule has 0 aliphatic carbocycles. The molecule has 6 nitrogen and oxygen atoms in total. The zero-order valence-corrected chi connectivity index (χ0v) is 16.7. The van der Waals surface area contributed by atoms with Gasteiger partial charge in [-0.3, -0.25) is 19.5 Å². The number of rotatable bonds is 6. The fourth-order valence-corrected chi connectivity index (χ4v) is 3.31. The number of nitrogens with one attached hydrogen (secondary N) is 1. The van der Waals surface area contributed by atoms with Crippen LogP contribution in [0, 0.1) is 0 Å². The van der Waals surface area contributed by atoms with Crippen molar-refractivity contribution in [2.75, 3.05) is 32.7 Å². The third-order valence-electron chi connectivity index (χ3n) is 4.61. The Morgan fingerprint density at radius 1 is 1.00 bits per heavy atom. The van der Waals surface area contributed by atoms with E-state index in [2.05, 4.69) is 31.1 Å². The number of piperazine rings is 1. The van der Waals surface area contributed by atoms with Gasteiger partial charge in [0, 0.05) is 68.1 Å². The van der Waals surface area contributed by atoms with E-state index >= 15 is 0 Å². The van der Waals surface area contributed by atoms with Crippen LogP contribution in [0.25, 0.3) is 0 Å². The molecule has 0 atom stereocenters. The minimum Gasteiger partial charge on any atom is -0.352 e. The standard InChI is InChI=1S/C20H23BrN4O2/c21-18-3-1-17(2-4-18)20(27)23-10-7-19(26)25-13-11-24(12-14-25)15-16-5-8-22-9-6-16/h1-6,8-9H,7,10-15H2,(H,23,27). The second kappa shape index (κ2) is 9.62. The molecular formula is C20H23BrN4O2. The average Bonchev–Trinajstić information content (AvgIpc) is 2.69. The van der Waals surface area contributed by atoms with E-state index in [9.17, 15) is 9.59 Å². The Morgan fingerprint density at radius 3 is 2.33 bits per heavy atom. The summed E-state index contributed by atoms with van der Waals surface area (Å²) < 4.78 is 0.928. The van der Waals surface area contributed by atoms with Gasteiger partial charge in [0.2, 0.25) is 5.91 Å². The van der Waals surface area contributed by atoms with E-state index in [1.807, 2.05) is 29.2 Å². The Bertz CT molecular complexity index is 759. The molecule has 7 heteroatoms. The highest BCUT2D eigenvalue weighted by Gasteiger charge is 2.21. The molecular weight excluding hydrogens is 408 g/mol. The molecule has 0 spiro atoms. The lowest BCUT2D eigenvalue weighted by molar-refractivity contribution is -0.132. The van der Waals surface area contributed by atoms with Crippen LogP contribution < -0.4 is 5.32 Å². The molecule has 0 radical (unpaired) electrons. The summed E-state index contributed by atoms with van der Waals surface area (Å²) in [4.78, 5) is 32.7. The molecule has 142 valence electrons. The molecule has 1 N–H and O–H groups in total. The Hall–Kier alpha value is -2.25. The van der Waals surface area contributed by atoms with Crippen molar-refractivity contribution < 1.29 is 9.59 Å². The molecule has 27 heavy (non-hydrogen) atoms. The Labute approximate surface area is 167 Å². The van der Waals surface area contributed by atoms with Crippen LogP contribution in [-0.4, -0.2) is 59.3 Å². The first-order valence-corrected chi connectivity index (χ1v) is 9.84. The number of hydrogen-bond donors (Lipinski definition) is 1. The SMILES string of the molecule is O=C(NCCC(=O)N1CCN(Cc2ccncc2)CC1)c1ccc(Br)cc1. The van der Waals surface area contributed by atoms with Gasteiger partial charge in [0.05, 0.1) is 0 Å². The molecule has 2 heterocycles. The highest BCUT2D eigenvalue weighted by Crippen LogP contribution is 2.11. The third kappa shape index (κ3) is 5.87. The van der Waals surface area contributed by atoms with Crippen LogP contribution in [0.15, 0.2) is 53.3 Å². The zero-order valence-electron chi connectivity index (χ0n) is 15.1. The molecule has 1 aliphatic heterocycles. The maximum absolute atomic E-state index is 12.4. The molecule has 0 unspecified atom stereocenters. The van der Waals surface area contributed by atoms with E-state index in [0.717, 1.165) is 37.2 Å². The zero-order chi connectivity index (χ0) is 19.1. The van der Waals surface area contributed by atoms with Crippen molar-refractivity contribution in [2.45, 2.75) is 13.0 Å². The summed E-state index contributed by atoms with van der Waals surface area (Å²) in [6.07, 6.45) is 3.93. The molecule has 1 fully saturated rings. The molecule has 0 saturated carbocycles. The first kappa shape index (κ1) is 19.5. The van der Waals surface area contributed by atoms with Gasteiger partial charge in [-0.15, -0.1) is 0 Å². The quantitative estimate of drug-likeness (QED) is 0.763. The Kier molecular flexibility index (Phi) is 6.95. The first-order valence-electron chi connectivity index (χ1n) is 9.04. The van der Waals surface area contributed by atoms with Crippen LogP contribution in [0.2, 0.25) is 0 Å². The number of carbonyl (C=O) groups excluding carboxylic acids is 2. The highest BCUT2D eigenvalue weighted by atomic mass is 79.9. The van der Waals surface area contributed by atoms with E-state index in [1.165, 1.54) is 5.56 Å². The lowest BCUT2D eigenvalue weighted by atomic mass is 10.2. The molecule has 1 aromatic heterocycles. The van der Waals surface area contributed by atoms with E-state index in [4.69, 9.17) is 0 Å². The summed E-state index contributed by atoms with van der Waals surface area (Å²) in [5.74, 6) is -0.0628. The number of hydrogen-bond acceptors (Lipinski definition) is 4. The summed E-state index contributed by atoms with van der Waals surface area (Å²) in [7, 11) is 0. The van der Waals surface area contributed by atoms with Gasteiger partial charge in [-0.1, -0.05) is 15.9 Å². The van der Waals surface area contributed by atoms with Crippen LogP contribution >= 0.6 is 15.9 Å². The fourth-order valence-electron chi connectivity index (χ4n) is 3.05. The summed E-state index contributed by atoms with van der Waals surface area (Å²) in [5.41, 5.74) is 1.83. The molecule has 3 rings (SSSR count). The van der Waals surface area contributed by atoms with Gasteiger partial charge in [-0.25, -0.2) is 0 Å². The van der Waals surface area contributed by atoms with Crippen molar-refractivity contribution in [1.82, 2.24) is 20.1 Å². The second-order valence-corrected chi connectivity index (χ2v) is 7.44. The lowest BCUT2D eigenvalue weighted by Crippen LogP contribution is -2.48. The number of pyridine rings is 1. The van der Waals surface area contributed by atoms with Crippen molar-refractivity contribution in [3.63, 3.8) is 0 Å². The lowest BCUT2D eigenvalue weighted by Gasteiger charge is -2.34. The van der Waals surface area contributed by atoms with Crippen LogP contribution in [0.4, 0.5) is 0 Å². The van der Waals surface area contributed by atoms with Crippen LogP contribution in [0.3, 0.4) is 0 Å². The van der Waals surface area contributed by atoms with Crippen LogP contribution in [0.5, 0.6) is 0 Å². The fraction of sp³-hybridized carbons (Fsp3) is 0.350.